The van der Waals surface area contributed by atoms with Crippen molar-refractivity contribution in [2.45, 2.75) is 30.5 Å². The summed E-state index contributed by atoms with van der Waals surface area (Å²) in [5.41, 5.74) is 4.18. The molecule has 10 nitrogen and oxygen atoms in total. The monoisotopic (exact) mass is 679 g/mol. The standard InChI is InChI=1S/C34H25ClF3N3O7/c35-17-7-4-8-18(13-17)40-29(44)24-15-22-20(10-11-21-26(22)30(45)41(28(21)43)32(39)47)27(33(24,31(40)46)16-5-2-1-3-6-16)23-14-19(9-12-25(23)42)48-34(36,37)38/h1-10,12-14,21-22,24,26-27,42H,11,15H2,(H2,39,47). The van der Waals surface area contributed by atoms with Crippen LogP contribution in [0.4, 0.5) is 23.7 Å². The number of primary amides is 1. The average Bonchev–Trinajstić information content (AvgIpc) is 3.42. The summed E-state index contributed by atoms with van der Waals surface area (Å²) in [4.78, 5) is 70.1. The van der Waals surface area contributed by atoms with Crippen LogP contribution in [0.15, 0.2) is 84.4 Å². The maximum Gasteiger partial charge on any atom is 0.573 e. The smallest absolute Gasteiger partial charge is 0.508 e. The highest BCUT2D eigenvalue weighted by atomic mass is 35.5. The summed E-state index contributed by atoms with van der Waals surface area (Å²) in [6, 6.07) is 15.8. The molecular weight excluding hydrogens is 655 g/mol. The highest BCUT2D eigenvalue weighted by molar-refractivity contribution is 6.32. The zero-order valence-electron chi connectivity index (χ0n) is 24.7. The number of carbonyl (C=O) groups is 5. The van der Waals surface area contributed by atoms with Gasteiger partial charge in [0.25, 0.3) is 0 Å². The molecule has 4 aliphatic rings. The van der Waals surface area contributed by atoms with Gasteiger partial charge in [0.2, 0.25) is 23.6 Å². The lowest BCUT2D eigenvalue weighted by Gasteiger charge is -2.50. The lowest BCUT2D eigenvalue weighted by molar-refractivity contribution is -0.274. The Bertz CT molecular complexity index is 1950. The second kappa shape index (κ2) is 10.9. The lowest BCUT2D eigenvalue weighted by Crippen LogP contribution is -2.53. The molecular formula is C34H25ClF3N3O7. The number of fused-ring (bicyclic) bond motifs is 4. The lowest BCUT2D eigenvalue weighted by atomic mass is 9.49. The zero-order chi connectivity index (χ0) is 34.3. The number of rotatable bonds is 4. The third-order valence-corrected chi connectivity index (χ3v) is 10.2. The van der Waals surface area contributed by atoms with Gasteiger partial charge in [-0.15, -0.1) is 13.2 Å². The van der Waals surface area contributed by atoms with E-state index < -0.39 is 82.5 Å². The molecule has 2 heterocycles. The van der Waals surface area contributed by atoms with Gasteiger partial charge in [-0.3, -0.25) is 19.2 Å². The molecule has 0 aromatic heterocycles. The second-order valence-electron chi connectivity index (χ2n) is 12.2. The molecule has 1 saturated carbocycles. The molecule has 6 atom stereocenters. The van der Waals surface area contributed by atoms with Crippen molar-refractivity contribution in [2.24, 2.45) is 29.4 Å². The number of aromatic hydroxyl groups is 1. The van der Waals surface area contributed by atoms with Gasteiger partial charge in [-0.05, 0) is 60.7 Å². The number of amides is 6. The van der Waals surface area contributed by atoms with Crippen LogP contribution in [0.3, 0.4) is 0 Å². The highest BCUT2D eigenvalue weighted by Gasteiger charge is 2.70. The molecule has 6 unspecified atom stereocenters. The maximum atomic E-state index is 15.1. The number of imide groups is 4. The minimum absolute atomic E-state index is 0.0729. The van der Waals surface area contributed by atoms with E-state index in [1.54, 1.807) is 48.5 Å². The molecule has 2 aliphatic carbocycles. The number of hydrogen-bond acceptors (Lipinski definition) is 7. The molecule has 3 N–H and O–H groups in total. The molecule has 3 aromatic carbocycles. The molecule has 7 rings (SSSR count). The molecule has 14 heteroatoms. The van der Waals surface area contributed by atoms with Crippen LogP contribution in [-0.2, 0) is 24.6 Å². The number of benzene rings is 3. The van der Waals surface area contributed by atoms with Gasteiger partial charge in [-0.25, -0.2) is 9.69 Å². The van der Waals surface area contributed by atoms with E-state index in [4.69, 9.17) is 17.3 Å². The second-order valence-corrected chi connectivity index (χ2v) is 12.6. The number of ether oxygens (including phenoxy) is 1. The van der Waals surface area contributed by atoms with Gasteiger partial charge in [-0.2, -0.15) is 4.90 Å². The predicted molar refractivity (Wildman–Crippen MR) is 162 cm³/mol. The molecule has 246 valence electrons. The molecule has 2 saturated heterocycles. The first-order valence-corrected chi connectivity index (χ1v) is 15.3. The summed E-state index contributed by atoms with van der Waals surface area (Å²) in [5.74, 6) is -9.99. The molecule has 3 fully saturated rings. The van der Waals surface area contributed by atoms with Gasteiger partial charge < -0.3 is 15.6 Å². The highest BCUT2D eigenvalue weighted by Crippen LogP contribution is 2.65. The van der Waals surface area contributed by atoms with E-state index in [0.717, 1.165) is 23.1 Å². The fourth-order valence-corrected chi connectivity index (χ4v) is 8.45. The number of phenols is 1. The van der Waals surface area contributed by atoms with Gasteiger partial charge in [0.15, 0.2) is 0 Å². The first-order valence-electron chi connectivity index (χ1n) is 14.9. The van der Waals surface area contributed by atoms with E-state index in [1.165, 1.54) is 12.1 Å². The number of allylic oxidation sites excluding steroid dienone is 2. The minimum atomic E-state index is -5.10. The van der Waals surface area contributed by atoms with Crippen LogP contribution in [0.1, 0.15) is 29.9 Å². The van der Waals surface area contributed by atoms with Gasteiger partial charge in [0.05, 0.1) is 28.9 Å². The average molecular weight is 680 g/mol. The van der Waals surface area contributed by atoms with E-state index >= 15 is 4.79 Å². The van der Waals surface area contributed by atoms with Gasteiger partial charge in [0, 0.05) is 16.5 Å². The number of carbonyl (C=O) groups excluding carboxylic acids is 5. The number of nitrogens with two attached hydrogens (primary N) is 1. The Kier molecular flexibility index (Phi) is 7.17. The zero-order valence-corrected chi connectivity index (χ0v) is 25.4. The van der Waals surface area contributed by atoms with Crippen LogP contribution in [0.5, 0.6) is 11.5 Å². The Morgan fingerprint density at radius 2 is 1.67 bits per heavy atom. The SMILES string of the molecule is NC(=O)N1C(=O)C2CC=C3C(CC4C(=O)N(c5cccc(Cl)c5)C(=O)C4(c4ccccc4)C3c3cc(OC(F)(F)F)ccc3O)C2C1=O. The number of hydrogen-bond donors (Lipinski definition) is 2. The number of anilines is 1. The summed E-state index contributed by atoms with van der Waals surface area (Å²) in [7, 11) is 0. The molecule has 48 heavy (non-hydrogen) atoms. The van der Waals surface area contributed by atoms with Crippen LogP contribution in [0, 0.1) is 23.7 Å². The Balaban J connectivity index is 1.52. The molecule has 0 bridgehead atoms. The van der Waals surface area contributed by atoms with E-state index in [2.05, 4.69) is 4.74 Å². The van der Waals surface area contributed by atoms with Crippen molar-refractivity contribution in [3.8, 4) is 11.5 Å². The van der Waals surface area contributed by atoms with Crippen LogP contribution in [-0.4, -0.2) is 46.0 Å². The Morgan fingerprint density at radius 1 is 0.938 bits per heavy atom. The van der Waals surface area contributed by atoms with Crippen LogP contribution in [0.25, 0.3) is 0 Å². The number of likely N-dealkylation sites (tertiary alicyclic amines) is 1. The minimum Gasteiger partial charge on any atom is -0.508 e. The summed E-state index contributed by atoms with van der Waals surface area (Å²) >= 11 is 6.26. The molecule has 0 radical (unpaired) electrons. The maximum absolute atomic E-state index is 15.1. The van der Waals surface area contributed by atoms with Gasteiger partial charge >= 0.3 is 12.4 Å². The van der Waals surface area contributed by atoms with Crippen molar-refractivity contribution < 1.29 is 47.0 Å². The number of alkyl halides is 3. The third kappa shape index (κ3) is 4.51. The van der Waals surface area contributed by atoms with Crippen LogP contribution < -0.4 is 15.4 Å². The largest absolute Gasteiger partial charge is 0.573 e. The summed E-state index contributed by atoms with van der Waals surface area (Å²) < 4.78 is 44.5. The summed E-state index contributed by atoms with van der Waals surface area (Å²) in [6.45, 7) is 0. The first kappa shape index (κ1) is 31.4. The predicted octanol–water partition coefficient (Wildman–Crippen LogP) is 5.19. The molecule has 6 amide bonds. The summed E-state index contributed by atoms with van der Waals surface area (Å²) in [6.07, 6.45) is -3.71. The van der Waals surface area contributed by atoms with Crippen molar-refractivity contribution in [3.63, 3.8) is 0 Å². The van der Waals surface area contributed by atoms with Crippen LogP contribution >= 0.6 is 11.6 Å². The number of nitrogens with zero attached hydrogens (tertiary/aromatic N) is 2. The Hall–Kier alpha value is -5.17. The molecule has 0 spiro atoms. The fraction of sp³-hybridized carbons (Fsp3) is 0.265. The van der Waals surface area contributed by atoms with Gasteiger partial charge in [-0.1, -0.05) is 59.6 Å². The van der Waals surface area contributed by atoms with Crippen molar-refractivity contribution in [2.75, 3.05) is 4.90 Å². The molecule has 3 aromatic rings. The number of urea groups is 1. The van der Waals surface area contributed by atoms with Crippen molar-refractivity contribution in [3.05, 3.63) is 101 Å². The van der Waals surface area contributed by atoms with Crippen molar-refractivity contribution in [1.82, 2.24) is 4.90 Å². The topological polar surface area (TPSA) is 147 Å². The van der Waals surface area contributed by atoms with E-state index in [1.807, 2.05) is 0 Å². The quantitative estimate of drug-likeness (QED) is 0.285. The first-order chi connectivity index (χ1) is 22.8. The van der Waals surface area contributed by atoms with Crippen LogP contribution in [0.2, 0.25) is 5.02 Å². The van der Waals surface area contributed by atoms with Gasteiger partial charge in [0.1, 0.15) is 11.5 Å². The number of halogens is 4. The van der Waals surface area contributed by atoms with E-state index in [0.29, 0.717) is 16.0 Å². The molecule has 2 aliphatic heterocycles. The van der Waals surface area contributed by atoms with Crippen molar-refractivity contribution in [1.29, 1.82) is 0 Å². The van der Waals surface area contributed by atoms with Crippen molar-refractivity contribution >= 4 is 46.9 Å². The normalized spacial score (nSPS) is 28.2. The third-order valence-electron chi connectivity index (χ3n) is 9.93. The Morgan fingerprint density at radius 3 is 2.33 bits per heavy atom. The van der Waals surface area contributed by atoms with E-state index in [9.17, 15) is 37.5 Å². The number of phenolic OH excluding ortho intramolecular Hbond substituents is 1. The fourth-order valence-electron chi connectivity index (χ4n) is 8.27. The Labute approximate surface area is 275 Å². The summed E-state index contributed by atoms with van der Waals surface area (Å²) in [5, 5.41) is 11.6. The van der Waals surface area contributed by atoms with E-state index in [-0.39, 0.29) is 29.1 Å².